The summed E-state index contributed by atoms with van der Waals surface area (Å²) in [5.74, 6) is 0.218. The maximum Gasteiger partial charge on any atom is 0.277 e. The molecule has 0 bridgehead atoms. The molecule has 0 radical (unpaired) electrons. The number of rotatable bonds is 5. The van der Waals surface area contributed by atoms with Crippen molar-refractivity contribution in [1.29, 1.82) is 0 Å². The van der Waals surface area contributed by atoms with Gasteiger partial charge < -0.3 is 5.32 Å². The van der Waals surface area contributed by atoms with Gasteiger partial charge >= 0.3 is 0 Å². The van der Waals surface area contributed by atoms with E-state index >= 15 is 0 Å². The number of hydrogen-bond donors (Lipinski definition) is 2. The van der Waals surface area contributed by atoms with E-state index in [1.165, 1.54) is 16.8 Å². The van der Waals surface area contributed by atoms with Crippen LogP contribution in [0.2, 0.25) is 5.02 Å². The van der Waals surface area contributed by atoms with Crippen molar-refractivity contribution in [2.75, 3.05) is 17.2 Å². The summed E-state index contributed by atoms with van der Waals surface area (Å²) in [6.45, 7) is 2.83. The lowest BCUT2D eigenvalue weighted by Gasteiger charge is -2.07. The van der Waals surface area contributed by atoms with Gasteiger partial charge in [-0.05, 0) is 18.6 Å². The molecule has 2 aromatic rings. The van der Waals surface area contributed by atoms with Gasteiger partial charge in [0.1, 0.15) is 17.0 Å². The summed E-state index contributed by atoms with van der Waals surface area (Å²) in [7, 11) is 0. The van der Waals surface area contributed by atoms with E-state index in [0.29, 0.717) is 16.0 Å². The van der Waals surface area contributed by atoms with Crippen LogP contribution in [0.15, 0.2) is 17.6 Å². The fourth-order valence-electron chi connectivity index (χ4n) is 1.34. The number of hydrogen-bond acceptors (Lipinski definition) is 6. The number of anilines is 2. The van der Waals surface area contributed by atoms with Crippen molar-refractivity contribution in [3.05, 3.63) is 28.4 Å². The Hall–Kier alpha value is -1.73. The SMILES string of the molecule is CCCNc1ccc(Cl)c(C(=O)Nc2nncs2)n1. The average Bonchev–Trinajstić information content (AvgIpc) is 2.90. The Morgan fingerprint density at radius 1 is 1.47 bits per heavy atom. The predicted octanol–water partition coefficient (Wildman–Crippen LogP) is 2.66. The van der Waals surface area contributed by atoms with Crippen LogP contribution in [0, 0.1) is 0 Å². The first-order valence-corrected chi connectivity index (χ1v) is 6.94. The van der Waals surface area contributed by atoms with Crippen LogP contribution in [0.4, 0.5) is 10.9 Å². The normalized spacial score (nSPS) is 10.2. The molecule has 19 heavy (non-hydrogen) atoms. The standard InChI is InChI=1S/C11H12ClN5OS/c1-2-5-13-8-4-3-7(12)9(15-8)10(18)16-11-17-14-6-19-11/h3-4,6H,2,5H2,1H3,(H,13,15)(H,16,17,18). The van der Waals surface area contributed by atoms with Crippen molar-refractivity contribution in [2.24, 2.45) is 0 Å². The molecule has 1 amide bonds. The van der Waals surface area contributed by atoms with Gasteiger partial charge in [0.2, 0.25) is 5.13 Å². The molecular formula is C11H12ClN5OS. The molecule has 0 saturated carbocycles. The number of pyridine rings is 1. The van der Waals surface area contributed by atoms with Crippen molar-refractivity contribution in [3.63, 3.8) is 0 Å². The number of carbonyl (C=O) groups excluding carboxylic acids is 1. The summed E-state index contributed by atoms with van der Waals surface area (Å²) in [4.78, 5) is 16.2. The number of amides is 1. The van der Waals surface area contributed by atoms with E-state index in [4.69, 9.17) is 11.6 Å². The number of nitrogens with zero attached hydrogens (tertiary/aromatic N) is 3. The second kappa shape index (κ2) is 6.44. The first-order chi connectivity index (χ1) is 9.20. The molecular weight excluding hydrogens is 286 g/mol. The Morgan fingerprint density at radius 2 is 2.32 bits per heavy atom. The molecule has 0 atom stereocenters. The molecule has 0 aliphatic carbocycles. The smallest absolute Gasteiger partial charge is 0.277 e. The van der Waals surface area contributed by atoms with Gasteiger partial charge in [0, 0.05) is 6.54 Å². The maximum absolute atomic E-state index is 12.0. The van der Waals surface area contributed by atoms with Crippen molar-refractivity contribution in [2.45, 2.75) is 13.3 Å². The summed E-state index contributed by atoms with van der Waals surface area (Å²) in [5.41, 5.74) is 1.70. The lowest BCUT2D eigenvalue weighted by atomic mass is 10.3. The van der Waals surface area contributed by atoms with E-state index in [2.05, 4.69) is 25.8 Å². The van der Waals surface area contributed by atoms with Gasteiger partial charge in [0.15, 0.2) is 0 Å². The van der Waals surface area contributed by atoms with Crippen LogP contribution in [0.1, 0.15) is 23.8 Å². The van der Waals surface area contributed by atoms with Crippen molar-refractivity contribution < 1.29 is 4.79 Å². The Labute approximate surface area is 119 Å². The lowest BCUT2D eigenvalue weighted by molar-refractivity contribution is 0.102. The Kier molecular flexibility index (Phi) is 4.64. The molecule has 8 heteroatoms. The summed E-state index contributed by atoms with van der Waals surface area (Å²) < 4.78 is 0. The van der Waals surface area contributed by atoms with Crippen LogP contribution in [0.5, 0.6) is 0 Å². The van der Waals surface area contributed by atoms with Gasteiger partial charge in [0.25, 0.3) is 5.91 Å². The van der Waals surface area contributed by atoms with Gasteiger partial charge in [-0.25, -0.2) is 4.98 Å². The number of carbonyl (C=O) groups is 1. The average molecular weight is 298 g/mol. The second-order valence-corrected chi connectivity index (χ2v) is 4.89. The summed E-state index contributed by atoms with van der Waals surface area (Å²) >= 11 is 7.21. The van der Waals surface area contributed by atoms with Gasteiger partial charge in [-0.15, -0.1) is 10.2 Å². The summed E-state index contributed by atoms with van der Waals surface area (Å²) in [6.07, 6.45) is 0.969. The van der Waals surface area contributed by atoms with Crippen molar-refractivity contribution in [3.8, 4) is 0 Å². The van der Waals surface area contributed by atoms with Crippen LogP contribution < -0.4 is 10.6 Å². The molecule has 2 aromatic heterocycles. The third-order valence-corrected chi connectivity index (χ3v) is 3.11. The first kappa shape index (κ1) is 13.7. The molecule has 100 valence electrons. The van der Waals surface area contributed by atoms with Gasteiger partial charge in [0.05, 0.1) is 5.02 Å². The fraction of sp³-hybridized carbons (Fsp3) is 0.273. The molecule has 0 aliphatic heterocycles. The molecule has 6 nitrogen and oxygen atoms in total. The minimum absolute atomic E-state index is 0.165. The second-order valence-electron chi connectivity index (χ2n) is 3.65. The molecule has 2 heterocycles. The highest BCUT2D eigenvalue weighted by Gasteiger charge is 2.14. The zero-order chi connectivity index (χ0) is 13.7. The van der Waals surface area contributed by atoms with E-state index in [1.807, 2.05) is 6.92 Å². The van der Waals surface area contributed by atoms with Crippen LogP contribution in [-0.2, 0) is 0 Å². The van der Waals surface area contributed by atoms with Crippen LogP contribution >= 0.6 is 22.9 Å². The Balaban J connectivity index is 2.15. The topological polar surface area (TPSA) is 79.8 Å². The monoisotopic (exact) mass is 297 g/mol. The third-order valence-electron chi connectivity index (χ3n) is 2.20. The van der Waals surface area contributed by atoms with Crippen molar-refractivity contribution in [1.82, 2.24) is 15.2 Å². The lowest BCUT2D eigenvalue weighted by Crippen LogP contribution is -2.15. The zero-order valence-electron chi connectivity index (χ0n) is 10.2. The molecule has 2 N–H and O–H groups in total. The first-order valence-electron chi connectivity index (χ1n) is 5.68. The largest absolute Gasteiger partial charge is 0.370 e. The molecule has 0 unspecified atom stereocenters. The van der Waals surface area contributed by atoms with E-state index in [9.17, 15) is 4.79 Å². The van der Waals surface area contributed by atoms with Gasteiger partial charge in [-0.2, -0.15) is 0 Å². The van der Waals surface area contributed by atoms with Crippen LogP contribution in [-0.4, -0.2) is 27.6 Å². The van der Waals surface area contributed by atoms with E-state index in [0.717, 1.165) is 13.0 Å². The van der Waals surface area contributed by atoms with E-state index in [1.54, 1.807) is 12.1 Å². The molecule has 2 rings (SSSR count). The van der Waals surface area contributed by atoms with Crippen LogP contribution in [0.3, 0.4) is 0 Å². The van der Waals surface area contributed by atoms with Gasteiger partial charge in [-0.1, -0.05) is 29.9 Å². The van der Waals surface area contributed by atoms with E-state index < -0.39 is 5.91 Å². The summed E-state index contributed by atoms with van der Waals surface area (Å²) in [6, 6.07) is 3.38. The molecule has 0 fully saturated rings. The van der Waals surface area contributed by atoms with Crippen LogP contribution in [0.25, 0.3) is 0 Å². The fourth-order valence-corrected chi connectivity index (χ4v) is 1.97. The highest BCUT2D eigenvalue weighted by molar-refractivity contribution is 7.13. The molecule has 0 saturated heterocycles. The molecule has 0 aromatic carbocycles. The number of nitrogens with one attached hydrogen (secondary N) is 2. The zero-order valence-corrected chi connectivity index (χ0v) is 11.8. The highest BCUT2D eigenvalue weighted by Crippen LogP contribution is 2.18. The minimum Gasteiger partial charge on any atom is -0.370 e. The predicted molar refractivity (Wildman–Crippen MR) is 75.9 cm³/mol. The van der Waals surface area contributed by atoms with Gasteiger partial charge in [-0.3, -0.25) is 10.1 Å². The quantitative estimate of drug-likeness (QED) is 0.887. The summed E-state index contributed by atoms with van der Waals surface area (Å²) in [5, 5.41) is 13.8. The third kappa shape index (κ3) is 3.62. The molecule has 0 aliphatic rings. The highest BCUT2D eigenvalue weighted by atomic mass is 35.5. The Bertz CT molecular complexity index is 560. The van der Waals surface area contributed by atoms with E-state index in [-0.39, 0.29) is 5.69 Å². The minimum atomic E-state index is -0.401. The number of aromatic nitrogens is 3. The Morgan fingerprint density at radius 3 is 3.00 bits per heavy atom. The van der Waals surface area contributed by atoms with Crippen molar-refractivity contribution >= 4 is 39.8 Å². The maximum atomic E-state index is 12.0. The number of halogens is 1. The molecule has 0 spiro atoms.